The Morgan fingerprint density at radius 3 is 2.61 bits per heavy atom. The Kier molecular flexibility index (Phi) is 3.82. The van der Waals surface area contributed by atoms with E-state index in [1.54, 1.807) is 0 Å². The van der Waals surface area contributed by atoms with E-state index >= 15 is 0 Å². The van der Waals surface area contributed by atoms with Crippen molar-refractivity contribution < 1.29 is 0 Å². The maximum Gasteiger partial charge on any atom is 0.224 e. The second-order valence-corrected chi connectivity index (χ2v) is 3.92. The van der Waals surface area contributed by atoms with Crippen molar-refractivity contribution >= 4 is 11.6 Å². The highest BCUT2D eigenvalue weighted by molar-refractivity contribution is 5.74. The maximum atomic E-state index is 4.29. The first-order chi connectivity index (χ1) is 8.81. The van der Waals surface area contributed by atoms with Crippen LogP contribution in [0.15, 0.2) is 24.3 Å². The highest BCUT2D eigenvalue weighted by atomic mass is 15.3. The quantitative estimate of drug-likeness (QED) is 0.849. The third kappa shape index (κ3) is 2.16. The molecule has 1 heterocycles. The molecule has 0 unspecified atom stereocenters. The van der Waals surface area contributed by atoms with Gasteiger partial charge in [-0.3, -0.25) is 4.57 Å². The predicted octanol–water partition coefficient (Wildman–Crippen LogP) is 2.44. The van der Waals surface area contributed by atoms with Gasteiger partial charge in [-0.25, -0.2) is 0 Å². The molecule has 2 N–H and O–H groups in total. The Hall–Kier alpha value is -2.04. The van der Waals surface area contributed by atoms with Crippen molar-refractivity contribution in [1.29, 1.82) is 0 Å². The van der Waals surface area contributed by atoms with Gasteiger partial charge in [0.2, 0.25) is 5.95 Å². The normalized spacial score (nSPS) is 10.4. The molecular formula is C13H19N5. The van der Waals surface area contributed by atoms with Gasteiger partial charge in [0.05, 0.1) is 0 Å². The Morgan fingerprint density at radius 2 is 1.94 bits per heavy atom. The molecule has 2 aromatic rings. The first-order valence-corrected chi connectivity index (χ1v) is 6.26. The van der Waals surface area contributed by atoms with Gasteiger partial charge in [0.1, 0.15) is 0 Å². The summed E-state index contributed by atoms with van der Waals surface area (Å²) in [6, 6.07) is 8.11. The molecule has 5 heteroatoms. The highest BCUT2D eigenvalue weighted by Crippen LogP contribution is 2.27. The highest BCUT2D eigenvalue weighted by Gasteiger charge is 2.14. The van der Waals surface area contributed by atoms with Crippen LogP contribution in [-0.2, 0) is 6.54 Å². The summed E-state index contributed by atoms with van der Waals surface area (Å²) in [6.07, 6.45) is 0. The van der Waals surface area contributed by atoms with E-state index in [9.17, 15) is 0 Å². The number of aromatic nitrogens is 3. The average molecular weight is 245 g/mol. The predicted molar refractivity (Wildman–Crippen MR) is 74.8 cm³/mol. The Labute approximate surface area is 107 Å². The molecule has 0 saturated carbocycles. The summed E-state index contributed by atoms with van der Waals surface area (Å²) < 4.78 is 2.08. The molecule has 5 nitrogen and oxygen atoms in total. The lowest BCUT2D eigenvalue weighted by molar-refractivity contribution is 0.770. The van der Waals surface area contributed by atoms with Gasteiger partial charge >= 0.3 is 0 Å². The lowest BCUT2D eigenvalue weighted by Gasteiger charge is -2.11. The van der Waals surface area contributed by atoms with Gasteiger partial charge in [0.15, 0.2) is 5.82 Å². The molecule has 0 atom stereocenters. The fraction of sp³-hybridized carbons (Fsp3) is 0.385. The van der Waals surface area contributed by atoms with E-state index in [1.165, 1.54) is 0 Å². The van der Waals surface area contributed by atoms with Crippen molar-refractivity contribution in [3.8, 4) is 11.4 Å². The number of nitrogens with one attached hydrogen (secondary N) is 2. The molecule has 1 aromatic heterocycles. The minimum Gasteiger partial charge on any atom is -0.388 e. The SMILES string of the molecule is CCNc1nnc(-c2ccccc2NC)n1CC. The number of hydrogen-bond acceptors (Lipinski definition) is 4. The Bertz CT molecular complexity index is 518. The molecule has 0 spiro atoms. The second-order valence-electron chi connectivity index (χ2n) is 3.92. The lowest BCUT2D eigenvalue weighted by atomic mass is 10.1. The van der Waals surface area contributed by atoms with E-state index in [0.717, 1.165) is 36.1 Å². The molecular weight excluding hydrogens is 226 g/mol. The van der Waals surface area contributed by atoms with Gasteiger partial charge < -0.3 is 10.6 Å². The summed E-state index contributed by atoms with van der Waals surface area (Å²) in [5.74, 6) is 1.71. The standard InChI is InChI=1S/C13H19N5/c1-4-15-13-17-16-12(18(13)5-2)10-8-6-7-9-11(10)14-3/h6-9,14H,4-5H2,1-3H3,(H,15,17). The van der Waals surface area contributed by atoms with E-state index in [4.69, 9.17) is 0 Å². The third-order valence-electron chi connectivity index (χ3n) is 2.84. The summed E-state index contributed by atoms with van der Waals surface area (Å²) in [4.78, 5) is 0. The molecule has 0 aliphatic heterocycles. The van der Waals surface area contributed by atoms with E-state index in [-0.39, 0.29) is 0 Å². The van der Waals surface area contributed by atoms with Crippen LogP contribution in [0.5, 0.6) is 0 Å². The molecule has 0 fully saturated rings. The number of nitrogens with zero attached hydrogens (tertiary/aromatic N) is 3. The van der Waals surface area contributed by atoms with E-state index in [0.29, 0.717) is 0 Å². The summed E-state index contributed by atoms with van der Waals surface area (Å²) in [6.45, 7) is 5.82. The van der Waals surface area contributed by atoms with Crippen molar-refractivity contribution in [3.63, 3.8) is 0 Å². The summed E-state index contributed by atoms with van der Waals surface area (Å²) in [5, 5.41) is 14.9. The van der Waals surface area contributed by atoms with Crippen LogP contribution < -0.4 is 10.6 Å². The zero-order chi connectivity index (χ0) is 13.0. The summed E-state index contributed by atoms with van der Waals surface area (Å²) in [7, 11) is 1.91. The van der Waals surface area contributed by atoms with Crippen LogP contribution in [0.2, 0.25) is 0 Å². The summed E-state index contributed by atoms with van der Waals surface area (Å²) >= 11 is 0. The monoisotopic (exact) mass is 245 g/mol. The van der Waals surface area contributed by atoms with Crippen LogP contribution in [-0.4, -0.2) is 28.4 Å². The van der Waals surface area contributed by atoms with E-state index in [2.05, 4.69) is 45.3 Å². The summed E-state index contributed by atoms with van der Waals surface area (Å²) in [5.41, 5.74) is 2.13. The topological polar surface area (TPSA) is 54.8 Å². The molecule has 1 aromatic carbocycles. The van der Waals surface area contributed by atoms with Gasteiger partial charge in [0.25, 0.3) is 0 Å². The first kappa shape index (κ1) is 12.4. The molecule has 18 heavy (non-hydrogen) atoms. The maximum absolute atomic E-state index is 4.29. The fourth-order valence-electron chi connectivity index (χ4n) is 1.99. The minimum absolute atomic E-state index is 0.820. The third-order valence-corrected chi connectivity index (χ3v) is 2.84. The number of anilines is 2. The van der Waals surface area contributed by atoms with Crippen LogP contribution in [0.4, 0.5) is 11.6 Å². The van der Waals surface area contributed by atoms with Crippen molar-refractivity contribution in [2.45, 2.75) is 20.4 Å². The zero-order valence-electron chi connectivity index (χ0n) is 11.1. The van der Waals surface area contributed by atoms with Crippen LogP contribution in [0.3, 0.4) is 0 Å². The molecule has 0 aliphatic carbocycles. The van der Waals surface area contributed by atoms with Gasteiger partial charge in [-0.05, 0) is 26.0 Å². The van der Waals surface area contributed by atoms with Crippen LogP contribution in [0.1, 0.15) is 13.8 Å². The molecule has 96 valence electrons. The number of hydrogen-bond donors (Lipinski definition) is 2. The molecule has 0 saturated heterocycles. The largest absolute Gasteiger partial charge is 0.388 e. The Morgan fingerprint density at radius 1 is 1.17 bits per heavy atom. The molecule has 0 radical (unpaired) electrons. The van der Waals surface area contributed by atoms with Crippen LogP contribution in [0.25, 0.3) is 11.4 Å². The van der Waals surface area contributed by atoms with Gasteiger partial charge in [-0.15, -0.1) is 10.2 Å². The number of para-hydroxylation sites is 1. The fourth-order valence-corrected chi connectivity index (χ4v) is 1.99. The average Bonchev–Trinajstić information content (AvgIpc) is 2.81. The minimum atomic E-state index is 0.820. The smallest absolute Gasteiger partial charge is 0.224 e. The van der Waals surface area contributed by atoms with Crippen molar-refractivity contribution in [2.24, 2.45) is 0 Å². The van der Waals surface area contributed by atoms with E-state index in [1.807, 2.05) is 25.2 Å². The van der Waals surface area contributed by atoms with Gasteiger partial charge in [-0.2, -0.15) is 0 Å². The number of benzene rings is 1. The molecule has 2 rings (SSSR count). The second kappa shape index (κ2) is 5.53. The Balaban J connectivity index is 2.50. The van der Waals surface area contributed by atoms with Crippen LogP contribution >= 0.6 is 0 Å². The molecule has 0 bridgehead atoms. The van der Waals surface area contributed by atoms with Gasteiger partial charge in [0, 0.05) is 31.4 Å². The lowest BCUT2D eigenvalue weighted by Crippen LogP contribution is -2.07. The van der Waals surface area contributed by atoms with Crippen molar-refractivity contribution in [2.75, 3.05) is 24.2 Å². The number of rotatable bonds is 5. The zero-order valence-corrected chi connectivity index (χ0v) is 11.1. The van der Waals surface area contributed by atoms with E-state index < -0.39 is 0 Å². The molecule has 0 amide bonds. The molecule has 0 aliphatic rings. The van der Waals surface area contributed by atoms with Crippen molar-refractivity contribution in [3.05, 3.63) is 24.3 Å². The first-order valence-electron chi connectivity index (χ1n) is 6.26. The van der Waals surface area contributed by atoms with Gasteiger partial charge in [-0.1, -0.05) is 12.1 Å². The van der Waals surface area contributed by atoms with Crippen LogP contribution in [0, 0.1) is 0 Å². The van der Waals surface area contributed by atoms with Crippen molar-refractivity contribution in [1.82, 2.24) is 14.8 Å².